The van der Waals surface area contributed by atoms with E-state index in [1.165, 1.54) is 0 Å². The minimum Gasteiger partial charge on any atom is -0.489 e. The van der Waals surface area contributed by atoms with Gasteiger partial charge in [-0.15, -0.1) is 0 Å². The maximum atomic E-state index is 11.3. The van der Waals surface area contributed by atoms with Gasteiger partial charge in [-0.05, 0) is 56.2 Å². The highest BCUT2D eigenvalue weighted by Gasteiger charge is 2.23. The Balaban J connectivity index is 2.21. The lowest BCUT2D eigenvalue weighted by atomic mass is 9.89. The first kappa shape index (κ1) is 14.4. The van der Waals surface area contributed by atoms with Gasteiger partial charge in [0.1, 0.15) is 11.3 Å². The molecular formula is C15H19BrO3. The van der Waals surface area contributed by atoms with E-state index in [1.54, 1.807) is 6.07 Å². The molecule has 0 amide bonds. The third kappa shape index (κ3) is 3.50. The minimum atomic E-state index is -0.941. The fourth-order valence-corrected chi connectivity index (χ4v) is 3.13. The van der Waals surface area contributed by atoms with E-state index in [2.05, 4.69) is 22.9 Å². The van der Waals surface area contributed by atoms with Crippen molar-refractivity contribution in [2.75, 3.05) is 0 Å². The van der Waals surface area contributed by atoms with Gasteiger partial charge >= 0.3 is 5.97 Å². The second kappa shape index (κ2) is 5.95. The molecule has 0 radical (unpaired) electrons. The molecule has 0 aromatic heterocycles. The summed E-state index contributed by atoms with van der Waals surface area (Å²) in [6, 6.07) is 3.50. The molecule has 0 spiro atoms. The minimum absolute atomic E-state index is 0.147. The van der Waals surface area contributed by atoms with E-state index in [0.29, 0.717) is 5.75 Å². The lowest BCUT2D eigenvalue weighted by Crippen LogP contribution is -2.24. The first-order chi connectivity index (χ1) is 8.97. The number of aryl methyl sites for hydroxylation is 1. The van der Waals surface area contributed by atoms with Crippen LogP contribution in [0.15, 0.2) is 16.6 Å². The number of rotatable bonds is 3. The fraction of sp³-hybridized carbons (Fsp3) is 0.533. The number of halogens is 1. The third-order valence-electron chi connectivity index (χ3n) is 3.72. The summed E-state index contributed by atoms with van der Waals surface area (Å²) in [5, 5.41) is 9.29. The van der Waals surface area contributed by atoms with E-state index in [9.17, 15) is 9.90 Å². The summed E-state index contributed by atoms with van der Waals surface area (Å²) in [5.74, 6) is 0.337. The van der Waals surface area contributed by atoms with Crippen LogP contribution in [0.2, 0.25) is 0 Å². The van der Waals surface area contributed by atoms with E-state index in [-0.39, 0.29) is 11.7 Å². The molecule has 1 aliphatic rings. The molecule has 4 heteroatoms. The molecule has 19 heavy (non-hydrogen) atoms. The van der Waals surface area contributed by atoms with Gasteiger partial charge in [0, 0.05) is 4.47 Å². The van der Waals surface area contributed by atoms with Crippen molar-refractivity contribution in [2.45, 2.75) is 45.6 Å². The lowest BCUT2D eigenvalue weighted by molar-refractivity contribution is 0.0683. The molecule has 0 heterocycles. The van der Waals surface area contributed by atoms with Crippen molar-refractivity contribution in [3.8, 4) is 5.75 Å². The average molecular weight is 327 g/mol. The number of ether oxygens (including phenoxy) is 1. The van der Waals surface area contributed by atoms with Crippen LogP contribution >= 0.6 is 15.9 Å². The Bertz CT molecular complexity index is 477. The summed E-state index contributed by atoms with van der Waals surface area (Å²) >= 11 is 3.33. The molecule has 3 nitrogen and oxygen atoms in total. The van der Waals surface area contributed by atoms with Gasteiger partial charge < -0.3 is 9.84 Å². The molecule has 0 aliphatic heterocycles. The predicted molar refractivity (Wildman–Crippen MR) is 77.9 cm³/mol. The molecule has 0 unspecified atom stereocenters. The zero-order valence-corrected chi connectivity index (χ0v) is 12.9. The van der Waals surface area contributed by atoms with Gasteiger partial charge in [-0.3, -0.25) is 0 Å². The van der Waals surface area contributed by atoms with Gasteiger partial charge in [-0.1, -0.05) is 22.9 Å². The van der Waals surface area contributed by atoms with Crippen LogP contribution in [-0.2, 0) is 0 Å². The number of carboxylic acid groups (broad SMARTS) is 1. The zero-order valence-electron chi connectivity index (χ0n) is 11.3. The number of hydrogen-bond acceptors (Lipinski definition) is 2. The maximum Gasteiger partial charge on any atom is 0.339 e. The van der Waals surface area contributed by atoms with E-state index in [4.69, 9.17) is 4.74 Å². The molecule has 2 rings (SSSR count). The van der Waals surface area contributed by atoms with Crippen molar-refractivity contribution < 1.29 is 14.6 Å². The molecule has 1 aromatic carbocycles. The number of carbonyl (C=O) groups is 1. The Hall–Kier alpha value is -1.03. The topological polar surface area (TPSA) is 46.5 Å². The largest absolute Gasteiger partial charge is 0.489 e. The SMILES string of the molecule is Cc1cc(Br)cc(C(=O)O)c1OC1CCC(C)CC1. The number of carboxylic acids is 1. The van der Waals surface area contributed by atoms with Crippen molar-refractivity contribution in [1.82, 2.24) is 0 Å². The molecule has 1 saturated carbocycles. The molecule has 1 N–H and O–H groups in total. The molecule has 0 bridgehead atoms. The van der Waals surface area contributed by atoms with Crippen molar-refractivity contribution in [3.05, 3.63) is 27.7 Å². The van der Waals surface area contributed by atoms with Crippen LogP contribution in [0.1, 0.15) is 48.5 Å². The number of benzene rings is 1. The van der Waals surface area contributed by atoms with Crippen molar-refractivity contribution >= 4 is 21.9 Å². The van der Waals surface area contributed by atoms with Gasteiger partial charge in [-0.2, -0.15) is 0 Å². The second-order valence-corrected chi connectivity index (χ2v) is 6.32. The van der Waals surface area contributed by atoms with Gasteiger partial charge in [0.25, 0.3) is 0 Å². The smallest absolute Gasteiger partial charge is 0.339 e. The Morgan fingerprint density at radius 2 is 1.95 bits per heavy atom. The normalized spacial score (nSPS) is 23.1. The second-order valence-electron chi connectivity index (χ2n) is 5.40. The highest BCUT2D eigenvalue weighted by Crippen LogP contribution is 2.32. The molecule has 104 valence electrons. The van der Waals surface area contributed by atoms with Gasteiger partial charge in [0.15, 0.2) is 0 Å². The summed E-state index contributed by atoms with van der Waals surface area (Å²) in [6.07, 6.45) is 4.48. The summed E-state index contributed by atoms with van der Waals surface area (Å²) in [7, 11) is 0. The van der Waals surface area contributed by atoms with Gasteiger partial charge in [-0.25, -0.2) is 4.79 Å². The standard InChI is InChI=1S/C15H19BrO3/c1-9-3-5-12(6-4-9)19-14-10(2)7-11(16)8-13(14)15(17)18/h7-9,12H,3-6H2,1-2H3,(H,17,18). The van der Waals surface area contributed by atoms with Crippen LogP contribution in [0.25, 0.3) is 0 Å². The van der Waals surface area contributed by atoms with Crippen molar-refractivity contribution in [1.29, 1.82) is 0 Å². The van der Waals surface area contributed by atoms with E-state index >= 15 is 0 Å². The molecule has 0 atom stereocenters. The molecule has 1 aliphatic carbocycles. The Labute approximate surface area is 122 Å². The molecule has 1 fully saturated rings. The Morgan fingerprint density at radius 1 is 1.32 bits per heavy atom. The monoisotopic (exact) mass is 326 g/mol. The Morgan fingerprint density at radius 3 is 2.53 bits per heavy atom. The quantitative estimate of drug-likeness (QED) is 0.894. The summed E-state index contributed by atoms with van der Waals surface area (Å²) in [6.45, 7) is 4.14. The van der Waals surface area contributed by atoms with Crippen molar-refractivity contribution in [3.63, 3.8) is 0 Å². The van der Waals surface area contributed by atoms with Crippen LogP contribution in [0.3, 0.4) is 0 Å². The van der Waals surface area contributed by atoms with Crippen LogP contribution in [0.4, 0.5) is 0 Å². The van der Waals surface area contributed by atoms with Crippen LogP contribution in [-0.4, -0.2) is 17.2 Å². The van der Waals surface area contributed by atoms with Crippen molar-refractivity contribution in [2.24, 2.45) is 5.92 Å². The maximum absolute atomic E-state index is 11.3. The first-order valence-electron chi connectivity index (χ1n) is 6.67. The first-order valence-corrected chi connectivity index (χ1v) is 7.46. The average Bonchev–Trinajstić information content (AvgIpc) is 2.34. The number of aromatic carboxylic acids is 1. The molecule has 1 aromatic rings. The molecule has 0 saturated heterocycles. The molecular weight excluding hydrogens is 308 g/mol. The highest BCUT2D eigenvalue weighted by atomic mass is 79.9. The lowest BCUT2D eigenvalue weighted by Gasteiger charge is -2.28. The van der Waals surface area contributed by atoms with E-state index in [0.717, 1.165) is 41.6 Å². The van der Waals surface area contributed by atoms with Crippen LogP contribution in [0.5, 0.6) is 5.75 Å². The number of hydrogen-bond donors (Lipinski definition) is 1. The fourth-order valence-electron chi connectivity index (χ4n) is 2.56. The predicted octanol–water partition coefficient (Wildman–Crippen LogP) is 4.41. The zero-order chi connectivity index (χ0) is 14.0. The summed E-state index contributed by atoms with van der Waals surface area (Å²) < 4.78 is 6.75. The van der Waals surface area contributed by atoms with Gasteiger partial charge in [0.2, 0.25) is 0 Å². The van der Waals surface area contributed by atoms with E-state index < -0.39 is 5.97 Å². The highest BCUT2D eigenvalue weighted by molar-refractivity contribution is 9.10. The summed E-state index contributed by atoms with van der Waals surface area (Å²) in [4.78, 5) is 11.3. The van der Waals surface area contributed by atoms with Crippen LogP contribution in [0, 0.1) is 12.8 Å². The Kier molecular flexibility index (Phi) is 4.50. The van der Waals surface area contributed by atoms with Crippen LogP contribution < -0.4 is 4.74 Å². The van der Waals surface area contributed by atoms with E-state index in [1.807, 2.05) is 13.0 Å². The third-order valence-corrected chi connectivity index (χ3v) is 4.18. The van der Waals surface area contributed by atoms with Gasteiger partial charge in [0.05, 0.1) is 6.10 Å². The summed E-state index contributed by atoms with van der Waals surface area (Å²) in [5.41, 5.74) is 1.11.